The second kappa shape index (κ2) is 15.4. The van der Waals surface area contributed by atoms with Crippen LogP contribution < -0.4 is 0 Å². The Morgan fingerprint density at radius 1 is 0.783 bits per heavy atom. The third kappa shape index (κ3) is 15.1. The highest BCUT2D eigenvalue weighted by Crippen LogP contribution is 2.19. The highest BCUT2D eigenvalue weighted by atomic mass is 32.2. The molecule has 140 valence electrons. The maximum atomic E-state index is 11.5. The lowest BCUT2D eigenvalue weighted by Crippen LogP contribution is -2.20. The van der Waals surface area contributed by atoms with Crippen LogP contribution in [0.25, 0.3) is 0 Å². The van der Waals surface area contributed by atoms with Gasteiger partial charge in [-0.3, -0.25) is 9.81 Å². The molecular weight excluding hydrogens is 316 g/mol. The summed E-state index contributed by atoms with van der Waals surface area (Å²) in [5.41, 5.74) is 0. The monoisotopic (exact) mass is 352 g/mol. The van der Waals surface area contributed by atoms with Crippen molar-refractivity contribution in [3.05, 3.63) is 0 Å². The molecule has 0 saturated carbocycles. The lowest BCUT2D eigenvalue weighted by atomic mass is 10.0. The normalized spacial score (nSPS) is 13.3. The predicted octanol–water partition coefficient (Wildman–Crippen LogP) is 5.21. The molecule has 1 unspecified atom stereocenters. The maximum Gasteiger partial charge on any atom is 0.267 e. The van der Waals surface area contributed by atoms with Gasteiger partial charge in [0.15, 0.2) is 0 Å². The van der Waals surface area contributed by atoms with Gasteiger partial charge in [0.25, 0.3) is 10.1 Å². The largest absolute Gasteiger partial charge is 0.285 e. The van der Waals surface area contributed by atoms with Gasteiger partial charge in [0.2, 0.25) is 0 Å². The molecule has 0 rings (SSSR count). The van der Waals surface area contributed by atoms with Crippen LogP contribution in [0.5, 0.6) is 0 Å². The van der Waals surface area contributed by atoms with Crippen LogP contribution >= 0.6 is 0 Å². The molecule has 23 heavy (non-hydrogen) atoms. The van der Waals surface area contributed by atoms with Gasteiger partial charge in [-0.05, 0) is 19.3 Å². The van der Waals surface area contributed by atoms with E-state index >= 15 is 0 Å². The Morgan fingerprint density at radius 3 is 1.65 bits per heavy atom. The van der Waals surface area contributed by atoms with Crippen molar-refractivity contribution in [1.82, 2.24) is 0 Å². The van der Waals surface area contributed by atoms with Crippen LogP contribution in [0.15, 0.2) is 0 Å². The molecule has 0 saturated heterocycles. The van der Waals surface area contributed by atoms with Gasteiger partial charge >= 0.3 is 0 Å². The minimum atomic E-state index is -3.92. The lowest BCUT2D eigenvalue weighted by molar-refractivity contribution is -0.242. The molecule has 0 aromatic heterocycles. The van der Waals surface area contributed by atoms with Gasteiger partial charge in [0, 0.05) is 0 Å². The van der Waals surface area contributed by atoms with E-state index in [1.165, 1.54) is 25.7 Å². The Balaban J connectivity index is 3.74. The van der Waals surface area contributed by atoms with E-state index in [1.807, 2.05) is 0 Å². The smallest absolute Gasteiger partial charge is 0.267 e. The molecule has 0 aliphatic carbocycles. The number of unbranched alkanes of at least 4 members (excludes halogenated alkanes) is 10. The van der Waals surface area contributed by atoms with Crippen LogP contribution in [0.4, 0.5) is 0 Å². The third-order valence-corrected chi connectivity index (χ3v) is 5.63. The Hall–Kier alpha value is -0.170. The lowest BCUT2D eigenvalue weighted by Gasteiger charge is -2.13. The first-order valence-electron chi connectivity index (χ1n) is 9.25. The topological polar surface area (TPSA) is 83.8 Å². The van der Waals surface area contributed by atoms with Crippen LogP contribution in [-0.4, -0.2) is 30.1 Å². The summed E-state index contributed by atoms with van der Waals surface area (Å²) in [6.45, 7) is 2.54. The zero-order chi connectivity index (χ0) is 17.4. The SMILES string of the molecule is CCCCCCCCCC(CCCCCCCOO)S(=O)(=O)O. The van der Waals surface area contributed by atoms with E-state index in [4.69, 9.17) is 5.26 Å². The molecule has 0 aromatic rings. The van der Waals surface area contributed by atoms with Gasteiger partial charge in [0.1, 0.15) is 0 Å². The molecule has 0 bridgehead atoms. The fourth-order valence-corrected chi connectivity index (χ4v) is 3.77. The van der Waals surface area contributed by atoms with Crippen molar-refractivity contribution >= 4 is 10.1 Å². The summed E-state index contributed by atoms with van der Waals surface area (Å²) in [5.74, 6) is 0. The first kappa shape index (κ1) is 22.8. The maximum absolute atomic E-state index is 11.5. The fourth-order valence-electron chi connectivity index (χ4n) is 2.84. The molecule has 0 fully saturated rings. The van der Waals surface area contributed by atoms with Gasteiger partial charge in [-0.1, -0.05) is 77.6 Å². The molecular formula is C17H36O5S. The number of hydrogen-bond donors (Lipinski definition) is 2. The highest BCUT2D eigenvalue weighted by Gasteiger charge is 2.21. The Bertz CT molecular complexity index is 325. The summed E-state index contributed by atoms with van der Waals surface area (Å²) >= 11 is 0. The average Bonchev–Trinajstić information content (AvgIpc) is 2.50. The van der Waals surface area contributed by atoms with Crippen molar-refractivity contribution in [2.45, 2.75) is 102 Å². The van der Waals surface area contributed by atoms with Crippen molar-refractivity contribution in [2.24, 2.45) is 0 Å². The van der Waals surface area contributed by atoms with Gasteiger partial charge in [0.05, 0.1) is 11.9 Å². The van der Waals surface area contributed by atoms with E-state index in [0.29, 0.717) is 19.4 Å². The molecule has 1 atom stereocenters. The Labute approximate surface area is 142 Å². The van der Waals surface area contributed by atoms with Crippen LogP contribution in [-0.2, 0) is 15.0 Å². The first-order valence-corrected chi connectivity index (χ1v) is 10.7. The van der Waals surface area contributed by atoms with Crippen molar-refractivity contribution < 1.29 is 23.1 Å². The molecule has 0 amide bonds. The number of hydrogen-bond acceptors (Lipinski definition) is 4. The molecule has 0 spiro atoms. The standard InChI is InChI=1S/C17H36O5S/c1-2-3-4-5-6-8-11-14-17(23(19,20)21)15-12-9-7-10-13-16-22-18/h17-18H,2-16H2,1H3,(H,19,20,21). The average molecular weight is 353 g/mol. The Morgan fingerprint density at radius 2 is 1.22 bits per heavy atom. The summed E-state index contributed by atoms with van der Waals surface area (Å²) in [7, 11) is -3.92. The molecule has 0 aliphatic heterocycles. The van der Waals surface area contributed by atoms with E-state index in [-0.39, 0.29) is 0 Å². The van der Waals surface area contributed by atoms with Crippen molar-refractivity contribution in [3.8, 4) is 0 Å². The van der Waals surface area contributed by atoms with E-state index < -0.39 is 15.4 Å². The quantitative estimate of drug-likeness (QED) is 0.162. The van der Waals surface area contributed by atoms with E-state index in [2.05, 4.69) is 11.8 Å². The molecule has 0 radical (unpaired) electrons. The summed E-state index contributed by atoms with van der Waals surface area (Å²) in [6.07, 6.45) is 13.8. The molecule has 6 heteroatoms. The second-order valence-electron chi connectivity index (χ2n) is 6.44. The van der Waals surface area contributed by atoms with Crippen LogP contribution in [0.3, 0.4) is 0 Å². The fraction of sp³-hybridized carbons (Fsp3) is 1.00. The van der Waals surface area contributed by atoms with Gasteiger partial charge in [-0.2, -0.15) is 8.42 Å². The summed E-state index contributed by atoms with van der Waals surface area (Å²) in [4.78, 5) is 4.00. The van der Waals surface area contributed by atoms with Crippen LogP contribution in [0, 0.1) is 0 Å². The van der Waals surface area contributed by atoms with Crippen molar-refractivity contribution in [3.63, 3.8) is 0 Å². The molecule has 5 nitrogen and oxygen atoms in total. The predicted molar refractivity (Wildman–Crippen MR) is 94.2 cm³/mol. The summed E-state index contributed by atoms with van der Waals surface area (Å²) in [6, 6.07) is 0. The first-order chi connectivity index (χ1) is 11.0. The zero-order valence-electron chi connectivity index (χ0n) is 14.7. The highest BCUT2D eigenvalue weighted by molar-refractivity contribution is 7.86. The van der Waals surface area contributed by atoms with Crippen LogP contribution in [0.1, 0.15) is 96.8 Å². The molecule has 0 aliphatic rings. The van der Waals surface area contributed by atoms with E-state index in [9.17, 15) is 13.0 Å². The summed E-state index contributed by atoms with van der Waals surface area (Å²) in [5, 5.41) is 7.60. The van der Waals surface area contributed by atoms with Crippen LogP contribution in [0.2, 0.25) is 0 Å². The molecule has 0 heterocycles. The molecule has 0 aromatic carbocycles. The summed E-state index contributed by atoms with van der Waals surface area (Å²) < 4.78 is 32.3. The minimum absolute atomic E-state index is 0.353. The van der Waals surface area contributed by atoms with Crippen molar-refractivity contribution in [2.75, 3.05) is 6.61 Å². The number of rotatable bonds is 17. The zero-order valence-corrected chi connectivity index (χ0v) is 15.5. The van der Waals surface area contributed by atoms with E-state index in [1.54, 1.807) is 0 Å². The van der Waals surface area contributed by atoms with Gasteiger partial charge < -0.3 is 0 Å². The minimum Gasteiger partial charge on any atom is -0.285 e. The molecule has 2 N–H and O–H groups in total. The second-order valence-corrected chi connectivity index (χ2v) is 8.13. The van der Waals surface area contributed by atoms with Crippen molar-refractivity contribution in [1.29, 1.82) is 0 Å². The Kier molecular flexibility index (Phi) is 15.2. The third-order valence-electron chi connectivity index (χ3n) is 4.31. The van der Waals surface area contributed by atoms with Gasteiger partial charge in [-0.25, -0.2) is 4.89 Å². The van der Waals surface area contributed by atoms with E-state index in [0.717, 1.165) is 51.4 Å². The van der Waals surface area contributed by atoms with Gasteiger partial charge in [-0.15, -0.1) is 0 Å².